The summed E-state index contributed by atoms with van der Waals surface area (Å²) in [7, 11) is 0. The highest BCUT2D eigenvalue weighted by Crippen LogP contribution is 2.52. The predicted molar refractivity (Wildman–Crippen MR) is 128 cm³/mol. The first-order valence-corrected chi connectivity index (χ1v) is 11.7. The first-order chi connectivity index (χ1) is 15.7. The lowest BCUT2D eigenvalue weighted by Gasteiger charge is -2.37. The lowest BCUT2D eigenvalue weighted by atomic mass is 9.62. The molecule has 0 aromatic heterocycles. The molecular weight excluding hydrogens is 458 g/mol. The van der Waals surface area contributed by atoms with Crippen LogP contribution >= 0.6 is 11.6 Å². The number of hydrogen-bond donors (Lipinski definition) is 1. The minimum atomic E-state index is -1.61. The van der Waals surface area contributed by atoms with Crippen molar-refractivity contribution in [2.24, 2.45) is 5.41 Å². The Bertz CT molecular complexity index is 1120. The summed E-state index contributed by atoms with van der Waals surface area (Å²) >= 11 is 6.01. The zero-order valence-corrected chi connectivity index (χ0v) is 21.1. The lowest BCUT2D eigenvalue weighted by Crippen LogP contribution is -2.45. The molecule has 2 aromatic carbocycles. The van der Waals surface area contributed by atoms with Gasteiger partial charge in [-0.1, -0.05) is 56.6 Å². The van der Waals surface area contributed by atoms with E-state index in [0.29, 0.717) is 6.42 Å². The summed E-state index contributed by atoms with van der Waals surface area (Å²) in [6.07, 6.45) is 0.423. The number of nitrogens with zero attached hydrogens (tertiary/aromatic N) is 1. The molecule has 1 fully saturated rings. The number of nitrogens with one attached hydrogen (secondary N) is 1. The normalized spacial score (nSPS) is 25.1. The summed E-state index contributed by atoms with van der Waals surface area (Å²) in [5.74, 6) is -2.92. The second-order valence-corrected chi connectivity index (χ2v) is 11.5. The van der Waals surface area contributed by atoms with Crippen molar-refractivity contribution in [2.75, 3.05) is 0 Å². The molecule has 1 N–H and O–H groups in total. The largest absolute Gasteiger partial charge is 0.459 e. The highest BCUT2D eigenvalue weighted by Gasteiger charge is 2.61. The summed E-state index contributed by atoms with van der Waals surface area (Å²) in [5.41, 5.74) is -2.48. The van der Waals surface area contributed by atoms with E-state index in [0.717, 1.165) is 6.07 Å². The summed E-state index contributed by atoms with van der Waals surface area (Å²) in [6, 6.07) is 10.7. The van der Waals surface area contributed by atoms with Gasteiger partial charge in [0.05, 0.1) is 6.07 Å². The molecular formula is C27H31ClF2N2O2. The van der Waals surface area contributed by atoms with Gasteiger partial charge in [-0.3, -0.25) is 10.1 Å². The van der Waals surface area contributed by atoms with Crippen molar-refractivity contribution in [1.82, 2.24) is 5.32 Å². The zero-order chi connectivity index (χ0) is 25.5. The molecule has 1 aliphatic heterocycles. The number of benzene rings is 2. The van der Waals surface area contributed by atoms with Crippen molar-refractivity contribution in [2.45, 2.75) is 77.0 Å². The van der Waals surface area contributed by atoms with E-state index in [2.05, 4.69) is 11.4 Å². The number of ether oxygens (including phenoxy) is 1. The number of rotatable bonds is 4. The fourth-order valence-corrected chi connectivity index (χ4v) is 5.02. The maximum Gasteiger partial charge on any atom is 0.324 e. The number of esters is 1. The first-order valence-electron chi connectivity index (χ1n) is 11.3. The second kappa shape index (κ2) is 9.28. The Hall–Kier alpha value is -2.49. The molecule has 1 aliphatic rings. The molecule has 0 aliphatic carbocycles. The van der Waals surface area contributed by atoms with E-state index in [4.69, 9.17) is 16.3 Å². The number of carbonyl (C=O) groups is 1. The minimum Gasteiger partial charge on any atom is -0.459 e. The average molecular weight is 489 g/mol. The topological polar surface area (TPSA) is 62.1 Å². The molecule has 0 bridgehead atoms. The van der Waals surface area contributed by atoms with Crippen molar-refractivity contribution in [3.63, 3.8) is 0 Å². The van der Waals surface area contributed by atoms with Crippen LogP contribution in [0, 0.1) is 28.4 Å². The van der Waals surface area contributed by atoms with Crippen LogP contribution in [0.5, 0.6) is 0 Å². The summed E-state index contributed by atoms with van der Waals surface area (Å²) in [4.78, 5) is 13.4. The highest BCUT2D eigenvalue weighted by atomic mass is 35.5. The second-order valence-electron chi connectivity index (χ2n) is 11.1. The van der Waals surface area contributed by atoms with Crippen molar-refractivity contribution in [1.29, 1.82) is 5.26 Å². The molecule has 0 spiro atoms. The third kappa shape index (κ3) is 5.11. The minimum absolute atomic E-state index is 0.0699. The van der Waals surface area contributed by atoms with Crippen molar-refractivity contribution in [3.8, 4) is 6.07 Å². The van der Waals surface area contributed by atoms with Gasteiger partial charge in [0.15, 0.2) is 0 Å². The lowest BCUT2D eigenvalue weighted by molar-refractivity contribution is -0.157. The molecule has 0 unspecified atom stereocenters. The van der Waals surface area contributed by atoms with Crippen molar-refractivity contribution < 1.29 is 18.3 Å². The van der Waals surface area contributed by atoms with Crippen molar-refractivity contribution >= 4 is 17.6 Å². The summed E-state index contributed by atoms with van der Waals surface area (Å²) in [6.45, 7) is 11.2. The van der Waals surface area contributed by atoms with Gasteiger partial charge in [-0.15, -0.1) is 0 Å². The Kier molecular flexibility index (Phi) is 7.13. The number of hydrogen-bond acceptors (Lipinski definition) is 4. The quantitative estimate of drug-likeness (QED) is 0.514. The van der Waals surface area contributed by atoms with Crippen LogP contribution in [0.15, 0.2) is 42.5 Å². The van der Waals surface area contributed by atoms with Gasteiger partial charge < -0.3 is 4.74 Å². The average Bonchev–Trinajstić information content (AvgIpc) is 3.00. The smallest absolute Gasteiger partial charge is 0.324 e. The number of nitriles is 1. The maximum absolute atomic E-state index is 15.5. The van der Waals surface area contributed by atoms with Crippen LogP contribution in [-0.2, 0) is 14.9 Å². The van der Waals surface area contributed by atoms with Crippen LogP contribution in [0.3, 0.4) is 0 Å². The standard InChI is InChI=1S/C27H31ClF2N2O2/c1-25(2,3)14-21-27(15-31,18-12-11-16(28)13-20(18)30)22(17-9-7-8-10-19(17)29)23(32-21)24(33)34-26(4,5)6/h7-13,21-23,32H,14H2,1-6H3/t21-,22+,23+,27-/m0/s1. The van der Waals surface area contributed by atoms with Gasteiger partial charge in [-0.05, 0) is 56.4 Å². The molecule has 7 heteroatoms. The Balaban J connectivity index is 2.34. The molecule has 4 nitrogen and oxygen atoms in total. The Morgan fingerprint density at radius 1 is 1.12 bits per heavy atom. The van der Waals surface area contributed by atoms with Gasteiger partial charge in [-0.25, -0.2) is 8.78 Å². The summed E-state index contributed by atoms with van der Waals surface area (Å²) in [5, 5.41) is 14.2. The molecule has 4 atom stereocenters. The molecule has 34 heavy (non-hydrogen) atoms. The van der Waals surface area contributed by atoms with E-state index in [1.165, 1.54) is 24.3 Å². The van der Waals surface area contributed by atoms with Gasteiger partial charge in [0.25, 0.3) is 0 Å². The van der Waals surface area contributed by atoms with Gasteiger partial charge in [0.2, 0.25) is 0 Å². The van der Waals surface area contributed by atoms with Crippen LogP contribution in [0.25, 0.3) is 0 Å². The highest BCUT2D eigenvalue weighted by molar-refractivity contribution is 6.30. The SMILES string of the molecule is CC(C)(C)C[C@@H]1N[C@@H](C(=O)OC(C)(C)C)[C@@H](c2ccccc2F)[C@@]1(C#N)c1ccc(Cl)cc1F. The van der Waals surface area contributed by atoms with Crippen LogP contribution in [0.1, 0.15) is 65.0 Å². The molecule has 1 heterocycles. The Morgan fingerprint density at radius 3 is 2.29 bits per heavy atom. The number of carbonyl (C=O) groups excluding carboxylic acids is 1. The molecule has 182 valence electrons. The van der Waals surface area contributed by atoms with Gasteiger partial charge in [0, 0.05) is 22.5 Å². The van der Waals surface area contributed by atoms with Crippen LogP contribution in [-0.4, -0.2) is 23.7 Å². The predicted octanol–water partition coefficient (Wildman–Crippen LogP) is 6.28. The fourth-order valence-electron chi connectivity index (χ4n) is 4.87. The Morgan fingerprint density at radius 2 is 1.76 bits per heavy atom. The van der Waals surface area contributed by atoms with Crippen LogP contribution < -0.4 is 5.32 Å². The van der Waals surface area contributed by atoms with E-state index in [-0.39, 0.29) is 21.6 Å². The molecule has 0 radical (unpaired) electrons. The van der Waals surface area contributed by atoms with E-state index in [1.807, 2.05) is 20.8 Å². The van der Waals surface area contributed by atoms with Gasteiger partial charge in [-0.2, -0.15) is 5.26 Å². The molecule has 1 saturated heterocycles. The third-order valence-electron chi connectivity index (χ3n) is 6.03. The van der Waals surface area contributed by atoms with Gasteiger partial charge >= 0.3 is 5.97 Å². The van der Waals surface area contributed by atoms with E-state index < -0.39 is 46.6 Å². The van der Waals surface area contributed by atoms with Crippen LogP contribution in [0.4, 0.5) is 8.78 Å². The molecule has 2 aromatic rings. The third-order valence-corrected chi connectivity index (χ3v) is 6.27. The molecule has 0 amide bonds. The van der Waals surface area contributed by atoms with E-state index >= 15 is 8.78 Å². The number of halogens is 3. The first kappa shape index (κ1) is 26.1. The molecule has 3 rings (SSSR count). The van der Waals surface area contributed by atoms with Crippen LogP contribution in [0.2, 0.25) is 5.02 Å². The summed E-state index contributed by atoms with van der Waals surface area (Å²) < 4.78 is 36.4. The maximum atomic E-state index is 15.5. The zero-order valence-electron chi connectivity index (χ0n) is 20.4. The van der Waals surface area contributed by atoms with Gasteiger partial charge in [0.1, 0.15) is 28.7 Å². The van der Waals surface area contributed by atoms with E-state index in [9.17, 15) is 10.1 Å². The molecule has 0 saturated carbocycles. The van der Waals surface area contributed by atoms with E-state index in [1.54, 1.807) is 32.9 Å². The van der Waals surface area contributed by atoms with Crippen molar-refractivity contribution in [3.05, 3.63) is 70.2 Å². The fraction of sp³-hybridized carbons (Fsp3) is 0.481. The monoisotopic (exact) mass is 488 g/mol. The Labute approximate surface area is 205 Å².